The summed E-state index contributed by atoms with van der Waals surface area (Å²) in [7, 11) is 0. The van der Waals surface area contributed by atoms with Crippen molar-refractivity contribution in [1.82, 2.24) is 0 Å². The van der Waals surface area contributed by atoms with E-state index in [1.54, 1.807) is 6.21 Å². The Morgan fingerprint density at radius 3 is 2.52 bits per heavy atom. The molecule has 0 aliphatic carbocycles. The Bertz CT molecular complexity index is 912. The van der Waals surface area contributed by atoms with Crippen molar-refractivity contribution in [2.45, 2.75) is 13.8 Å². The topological polar surface area (TPSA) is 62.4 Å². The van der Waals surface area contributed by atoms with E-state index in [9.17, 15) is 5.26 Å². The van der Waals surface area contributed by atoms with E-state index in [1.807, 2.05) is 50.2 Å². The fourth-order valence-corrected chi connectivity index (χ4v) is 2.41. The zero-order chi connectivity index (χ0) is 16.4. The first kappa shape index (κ1) is 15.3. The number of rotatable bonds is 3. The molecule has 1 aromatic carbocycles. The lowest BCUT2D eigenvalue weighted by Gasteiger charge is -1.96. The first-order valence-corrected chi connectivity index (χ1v) is 7.77. The third kappa shape index (κ3) is 3.13. The van der Waals surface area contributed by atoms with E-state index in [0.29, 0.717) is 23.0 Å². The maximum absolute atomic E-state index is 9.17. The van der Waals surface area contributed by atoms with Crippen molar-refractivity contribution in [2.24, 2.45) is 4.99 Å². The van der Waals surface area contributed by atoms with Gasteiger partial charge in [-0.1, -0.05) is 28.1 Å². The molecule has 2 aromatic heterocycles. The van der Waals surface area contributed by atoms with Crippen molar-refractivity contribution in [3.8, 4) is 17.4 Å². The molecule has 0 atom stereocenters. The van der Waals surface area contributed by atoms with Gasteiger partial charge < -0.3 is 8.83 Å². The molecule has 0 fully saturated rings. The molecule has 0 unspecified atom stereocenters. The lowest BCUT2D eigenvalue weighted by atomic mass is 10.2. The number of hydrogen-bond donors (Lipinski definition) is 0. The van der Waals surface area contributed by atoms with Crippen LogP contribution in [0.4, 0.5) is 5.88 Å². The Morgan fingerprint density at radius 1 is 1.09 bits per heavy atom. The summed E-state index contributed by atoms with van der Waals surface area (Å²) in [5.41, 5.74) is 2.25. The minimum absolute atomic E-state index is 0.309. The molecule has 0 aliphatic heterocycles. The van der Waals surface area contributed by atoms with Crippen LogP contribution in [0.15, 0.2) is 54.7 Å². The van der Waals surface area contributed by atoms with E-state index in [1.165, 1.54) is 0 Å². The molecular weight excluding hydrogens is 356 g/mol. The largest absolute Gasteiger partial charge is 0.455 e. The molecule has 0 N–H and O–H groups in total. The summed E-state index contributed by atoms with van der Waals surface area (Å²) < 4.78 is 12.3. The Morgan fingerprint density at radius 2 is 1.83 bits per heavy atom. The van der Waals surface area contributed by atoms with Crippen molar-refractivity contribution in [3.63, 3.8) is 0 Å². The van der Waals surface area contributed by atoms with Crippen molar-refractivity contribution in [1.29, 1.82) is 5.26 Å². The Kier molecular flexibility index (Phi) is 4.18. The summed E-state index contributed by atoms with van der Waals surface area (Å²) in [6, 6.07) is 13.7. The molecule has 23 heavy (non-hydrogen) atoms. The molecule has 114 valence electrons. The average molecular weight is 369 g/mol. The number of aryl methyl sites for hydroxylation is 1. The van der Waals surface area contributed by atoms with Crippen molar-refractivity contribution in [3.05, 3.63) is 63.5 Å². The molecule has 4 nitrogen and oxygen atoms in total. The van der Waals surface area contributed by atoms with Crippen LogP contribution in [0.5, 0.6) is 0 Å². The van der Waals surface area contributed by atoms with E-state index < -0.39 is 0 Å². The van der Waals surface area contributed by atoms with Crippen LogP contribution in [0.25, 0.3) is 11.3 Å². The van der Waals surface area contributed by atoms with Crippen molar-refractivity contribution >= 4 is 28.0 Å². The van der Waals surface area contributed by atoms with Gasteiger partial charge in [0.05, 0.1) is 6.21 Å². The van der Waals surface area contributed by atoms with Crippen LogP contribution in [-0.2, 0) is 0 Å². The highest BCUT2D eigenvalue weighted by Gasteiger charge is 2.13. The van der Waals surface area contributed by atoms with Gasteiger partial charge in [0.2, 0.25) is 5.88 Å². The second kappa shape index (κ2) is 6.27. The van der Waals surface area contributed by atoms with Crippen LogP contribution in [0, 0.1) is 25.2 Å². The van der Waals surface area contributed by atoms with Gasteiger partial charge in [0.1, 0.15) is 28.9 Å². The zero-order valence-electron chi connectivity index (χ0n) is 12.6. The third-order valence-electron chi connectivity index (χ3n) is 3.54. The molecule has 0 aliphatic rings. The Hall–Kier alpha value is -2.58. The summed E-state index contributed by atoms with van der Waals surface area (Å²) in [5, 5.41) is 9.17. The van der Waals surface area contributed by atoms with Crippen LogP contribution < -0.4 is 0 Å². The van der Waals surface area contributed by atoms with Gasteiger partial charge in [-0.05, 0) is 38.1 Å². The number of halogens is 1. The first-order valence-electron chi connectivity index (χ1n) is 6.98. The molecule has 0 radical (unpaired) electrons. The minimum atomic E-state index is 0.309. The molecule has 0 saturated heterocycles. The fourth-order valence-electron chi connectivity index (χ4n) is 2.15. The maximum atomic E-state index is 9.17. The van der Waals surface area contributed by atoms with Gasteiger partial charge >= 0.3 is 0 Å². The summed E-state index contributed by atoms with van der Waals surface area (Å²) in [4.78, 5) is 4.23. The van der Waals surface area contributed by atoms with E-state index in [0.717, 1.165) is 21.4 Å². The minimum Gasteiger partial charge on any atom is -0.455 e. The predicted octanol–water partition coefficient (Wildman–Crippen LogP) is 5.54. The highest BCUT2D eigenvalue weighted by Crippen LogP contribution is 2.28. The first-order chi connectivity index (χ1) is 11.1. The van der Waals surface area contributed by atoms with Crippen LogP contribution in [0.1, 0.15) is 22.6 Å². The SMILES string of the molecule is Cc1oc(N=Cc2ccc(-c3ccc(Br)cc3)o2)c(C#N)c1C. The lowest BCUT2D eigenvalue weighted by Crippen LogP contribution is -1.77. The molecule has 3 rings (SSSR count). The molecule has 0 spiro atoms. The van der Waals surface area contributed by atoms with E-state index in [-0.39, 0.29) is 0 Å². The highest BCUT2D eigenvalue weighted by atomic mass is 79.9. The number of benzene rings is 1. The van der Waals surface area contributed by atoms with Crippen LogP contribution in [-0.4, -0.2) is 6.21 Å². The van der Waals surface area contributed by atoms with Gasteiger partial charge in [-0.3, -0.25) is 0 Å². The van der Waals surface area contributed by atoms with Crippen LogP contribution in [0.2, 0.25) is 0 Å². The van der Waals surface area contributed by atoms with Gasteiger partial charge in [-0.25, -0.2) is 4.99 Å². The summed E-state index contributed by atoms with van der Waals surface area (Å²) in [5.74, 6) is 2.36. The van der Waals surface area contributed by atoms with Crippen molar-refractivity contribution < 1.29 is 8.83 Å². The van der Waals surface area contributed by atoms with Gasteiger partial charge in [-0.2, -0.15) is 5.26 Å². The Labute approximate surface area is 142 Å². The smallest absolute Gasteiger partial charge is 0.237 e. The highest BCUT2D eigenvalue weighted by molar-refractivity contribution is 9.10. The number of hydrogen-bond acceptors (Lipinski definition) is 4. The van der Waals surface area contributed by atoms with E-state index >= 15 is 0 Å². The van der Waals surface area contributed by atoms with Crippen LogP contribution in [0.3, 0.4) is 0 Å². The maximum Gasteiger partial charge on any atom is 0.237 e. The zero-order valence-corrected chi connectivity index (χ0v) is 14.2. The number of nitriles is 1. The van der Waals surface area contributed by atoms with Gasteiger partial charge in [0.15, 0.2) is 0 Å². The standard InChI is InChI=1S/C18H13BrN2O2/c1-11-12(2)22-18(16(11)9-20)21-10-15-7-8-17(23-15)13-3-5-14(19)6-4-13/h3-8,10H,1-2H3. The number of nitrogens with zero attached hydrogens (tertiary/aromatic N) is 2. The molecule has 3 aromatic rings. The second-order valence-corrected chi connectivity index (χ2v) is 5.96. The predicted molar refractivity (Wildman–Crippen MR) is 92.0 cm³/mol. The molecule has 0 amide bonds. The van der Waals surface area contributed by atoms with Crippen molar-refractivity contribution in [2.75, 3.05) is 0 Å². The van der Waals surface area contributed by atoms with Crippen LogP contribution >= 0.6 is 15.9 Å². The molecule has 2 heterocycles. The number of furan rings is 2. The number of aliphatic imine (C=N–C) groups is 1. The third-order valence-corrected chi connectivity index (χ3v) is 4.07. The Balaban J connectivity index is 1.86. The monoisotopic (exact) mass is 368 g/mol. The molecule has 0 saturated carbocycles. The van der Waals surface area contributed by atoms with E-state index in [2.05, 4.69) is 27.0 Å². The van der Waals surface area contributed by atoms with E-state index in [4.69, 9.17) is 8.83 Å². The normalized spacial score (nSPS) is 11.0. The summed E-state index contributed by atoms with van der Waals surface area (Å²) in [6.07, 6.45) is 1.56. The average Bonchev–Trinajstić information content (AvgIpc) is 3.12. The lowest BCUT2D eigenvalue weighted by molar-refractivity contribution is 0.540. The van der Waals surface area contributed by atoms with Gasteiger partial charge in [0.25, 0.3) is 0 Å². The second-order valence-electron chi connectivity index (χ2n) is 5.04. The summed E-state index contributed by atoms with van der Waals surface area (Å²) in [6.45, 7) is 3.66. The van der Waals surface area contributed by atoms with Gasteiger partial charge in [-0.15, -0.1) is 0 Å². The quantitative estimate of drug-likeness (QED) is 0.570. The molecule has 5 heteroatoms. The van der Waals surface area contributed by atoms with Gasteiger partial charge in [0, 0.05) is 15.6 Å². The molecular formula is C18H13BrN2O2. The fraction of sp³-hybridized carbons (Fsp3) is 0.111. The summed E-state index contributed by atoms with van der Waals surface area (Å²) >= 11 is 3.41. The molecule has 0 bridgehead atoms.